The van der Waals surface area contributed by atoms with Crippen LogP contribution >= 0.6 is 0 Å². The van der Waals surface area contributed by atoms with Gasteiger partial charge in [-0.2, -0.15) is 4.99 Å². The number of nitro groups is 1. The van der Waals surface area contributed by atoms with E-state index in [1.807, 2.05) is 4.90 Å². The van der Waals surface area contributed by atoms with E-state index < -0.39 is 10.8 Å². The number of non-ortho nitro benzene ring substituents is 1. The first-order valence-electron chi connectivity index (χ1n) is 5.96. The molecule has 19 heavy (non-hydrogen) atoms. The molecule has 0 atom stereocenters. The Morgan fingerprint density at radius 1 is 1.37 bits per heavy atom. The third-order valence-corrected chi connectivity index (χ3v) is 2.95. The average Bonchev–Trinajstić information content (AvgIpc) is 2.92. The highest BCUT2D eigenvalue weighted by Gasteiger charge is 2.16. The van der Waals surface area contributed by atoms with E-state index in [1.54, 1.807) is 0 Å². The van der Waals surface area contributed by atoms with Crippen molar-refractivity contribution in [1.29, 1.82) is 0 Å². The molecule has 0 radical (unpaired) electrons. The third-order valence-electron chi connectivity index (χ3n) is 2.95. The van der Waals surface area contributed by atoms with E-state index in [-0.39, 0.29) is 17.2 Å². The van der Waals surface area contributed by atoms with Crippen LogP contribution in [0.3, 0.4) is 0 Å². The lowest BCUT2D eigenvalue weighted by Gasteiger charge is -2.15. The number of likely N-dealkylation sites (tertiary alicyclic amines) is 1. The monoisotopic (exact) mass is 262 g/mol. The van der Waals surface area contributed by atoms with E-state index in [9.17, 15) is 14.9 Å². The van der Waals surface area contributed by atoms with Gasteiger partial charge >= 0.3 is 0 Å². The summed E-state index contributed by atoms with van der Waals surface area (Å²) in [5, 5.41) is 10.6. The second-order valence-electron chi connectivity index (χ2n) is 4.28. The summed E-state index contributed by atoms with van der Waals surface area (Å²) in [6.07, 6.45) is 2.06. The molecular weight excluding hydrogens is 248 g/mol. The number of aliphatic imine (C=N–C) groups is 1. The fourth-order valence-electron chi connectivity index (χ4n) is 1.94. The minimum absolute atomic E-state index is 0.138. The van der Waals surface area contributed by atoms with Crippen LogP contribution in [0.2, 0.25) is 0 Å². The molecule has 1 aliphatic rings. The number of carbonyl (C=O) groups is 1. The Hall–Kier alpha value is -2.44. The van der Waals surface area contributed by atoms with E-state index in [4.69, 9.17) is 5.73 Å². The van der Waals surface area contributed by atoms with Gasteiger partial charge in [0, 0.05) is 30.8 Å². The van der Waals surface area contributed by atoms with Crippen LogP contribution in [0.25, 0.3) is 0 Å². The number of carbonyl (C=O) groups excluding carboxylic acids is 1. The molecule has 7 heteroatoms. The van der Waals surface area contributed by atoms with Gasteiger partial charge in [-0.05, 0) is 18.9 Å². The van der Waals surface area contributed by atoms with E-state index in [1.165, 1.54) is 24.3 Å². The molecule has 1 heterocycles. The molecule has 0 aliphatic carbocycles. The summed E-state index contributed by atoms with van der Waals surface area (Å²) in [5.74, 6) is -0.387. The number of guanidine groups is 1. The van der Waals surface area contributed by atoms with Crippen molar-refractivity contribution in [3.63, 3.8) is 0 Å². The number of hydrogen-bond acceptors (Lipinski definition) is 3. The van der Waals surface area contributed by atoms with E-state index >= 15 is 0 Å². The summed E-state index contributed by atoms with van der Waals surface area (Å²) in [4.78, 5) is 27.6. The smallest absolute Gasteiger partial charge is 0.280 e. The number of rotatable bonds is 2. The molecule has 1 aliphatic heterocycles. The Labute approximate surface area is 109 Å². The van der Waals surface area contributed by atoms with Crippen LogP contribution in [0.1, 0.15) is 23.2 Å². The van der Waals surface area contributed by atoms with Crippen molar-refractivity contribution in [3.05, 3.63) is 39.9 Å². The molecule has 100 valence electrons. The number of nitrogens with zero attached hydrogens (tertiary/aromatic N) is 3. The predicted octanol–water partition coefficient (Wildman–Crippen LogP) is 1.15. The standard InChI is InChI=1S/C12H14N4O3/c13-12(15-6-1-2-7-15)14-11(17)9-4-3-5-10(8-9)16(18)19/h3-5,8H,1-2,6-7H2,(H2,13,14,17). The van der Waals surface area contributed by atoms with Gasteiger partial charge in [0.2, 0.25) is 0 Å². The van der Waals surface area contributed by atoms with Crippen molar-refractivity contribution in [2.45, 2.75) is 12.8 Å². The number of benzene rings is 1. The zero-order valence-corrected chi connectivity index (χ0v) is 10.3. The van der Waals surface area contributed by atoms with E-state index in [0.717, 1.165) is 25.9 Å². The molecule has 2 N–H and O–H groups in total. The van der Waals surface area contributed by atoms with Gasteiger partial charge in [0.05, 0.1) is 4.92 Å². The maximum Gasteiger partial charge on any atom is 0.280 e. The maximum absolute atomic E-state index is 11.9. The van der Waals surface area contributed by atoms with Gasteiger partial charge in [0.25, 0.3) is 11.6 Å². The summed E-state index contributed by atoms with van der Waals surface area (Å²) < 4.78 is 0. The van der Waals surface area contributed by atoms with Gasteiger partial charge < -0.3 is 10.6 Å². The van der Waals surface area contributed by atoms with Gasteiger partial charge in [-0.15, -0.1) is 0 Å². The van der Waals surface area contributed by atoms with Crippen LogP contribution in [-0.2, 0) is 0 Å². The van der Waals surface area contributed by atoms with Gasteiger partial charge in [-0.25, -0.2) is 0 Å². The van der Waals surface area contributed by atoms with Crippen LogP contribution < -0.4 is 5.73 Å². The lowest BCUT2D eigenvalue weighted by molar-refractivity contribution is -0.384. The summed E-state index contributed by atoms with van der Waals surface area (Å²) in [6.45, 7) is 1.58. The topological polar surface area (TPSA) is 102 Å². The van der Waals surface area contributed by atoms with E-state index in [0.29, 0.717) is 0 Å². The van der Waals surface area contributed by atoms with Crippen LogP contribution in [-0.4, -0.2) is 34.8 Å². The maximum atomic E-state index is 11.9. The largest absolute Gasteiger partial charge is 0.369 e. The fourth-order valence-corrected chi connectivity index (χ4v) is 1.94. The molecule has 1 aromatic carbocycles. The first-order valence-corrected chi connectivity index (χ1v) is 5.96. The molecule has 1 amide bonds. The first-order chi connectivity index (χ1) is 9.08. The Morgan fingerprint density at radius 3 is 2.68 bits per heavy atom. The highest BCUT2D eigenvalue weighted by atomic mass is 16.6. The van der Waals surface area contributed by atoms with Gasteiger partial charge in [0.1, 0.15) is 0 Å². The quantitative estimate of drug-likeness (QED) is 0.373. The van der Waals surface area contributed by atoms with E-state index in [2.05, 4.69) is 4.99 Å². The number of hydrogen-bond donors (Lipinski definition) is 1. The van der Waals surface area contributed by atoms with Crippen molar-refractivity contribution in [2.24, 2.45) is 10.7 Å². The molecule has 0 saturated carbocycles. The lowest BCUT2D eigenvalue weighted by Crippen LogP contribution is -2.35. The summed E-state index contributed by atoms with van der Waals surface area (Å²) in [5.41, 5.74) is 5.76. The molecule has 1 saturated heterocycles. The molecule has 1 fully saturated rings. The minimum Gasteiger partial charge on any atom is -0.369 e. The summed E-state index contributed by atoms with van der Waals surface area (Å²) in [7, 11) is 0. The van der Waals surface area contributed by atoms with Crippen molar-refractivity contribution in [3.8, 4) is 0 Å². The highest BCUT2D eigenvalue weighted by Crippen LogP contribution is 2.14. The third kappa shape index (κ3) is 3.06. The molecule has 2 rings (SSSR count). The number of amides is 1. The highest BCUT2D eigenvalue weighted by molar-refractivity contribution is 6.02. The first kappa shape index (κ1) is 13.0. The van der Waals surface area contributed by atoms with Crippen LogP contribution in [0.5, 0.6) is 0 Å². The molecular formula is C12H14N4O3. The number of nitrogens with two attached hydrogens (primary N) is 1. The van der Waals surface area contributed by atoms with Gasteiger partial charge in [-0.3, -0.25) is 14.9 Å². The zero-order valence-electron chi connectivity index (χ0n) is 10.3. The summed E-state index contributed by atoms with van der Waals surface area (Å²) in [6, 6.07) is 5.45. The van der Waals surface area contributed by atoms with Crippen LogP contribution in [0.4, 0.5) is 5.69 Å². The van der Waals surface area contributed by atoms with Crippen molar-refractivity contribution < 1.29 is 9.72 Å². The fraction of sp³-hybridized carbons (Fsp3) is 0.333. The molecule has 7 nitrogen and oxygen atoms in total. The number of nitro benzene ring substituents is 1. The minimum atomic E-state index is -0.562. The Bertz CT molecular complexity index is 536. The van der Waals surface area contributed by atoms with Crippen LogP contribution in [0, 0.1) is 10.1 Å². The molecule has 0 bridgehead atoms. The Morgan fingerprint density at radius 2 is 2.05 bits per heavy atom. The second-order valence-corrected chi connectivity index (χ2v) is 4.28. The Kier molecular flexibility index (Phi) is 3.74. The second kappa shape index (κ2) is 5.47. The molecule has 0 unspecified atom stereocenters. The zero-order chi connectivity index (χ0) is 13.8. The van der Waals surface area contributed by atoms with Gasteiger partial charge in [0.15, 0.2) is 5.96 Å². The van der Waals surface area contributed by atoms with Crippen molar-refractivity contribution in [1.82, 2.24) is 4.90 Å². The Balaban J connectivity index is 2.17. The lowest BCUT2D eigenvalue weighted by atomic mass is 10.2. The summed E-state index contributed by atoms with van der Waals surface area (Å²) >= 11 is 0. The molecule has 1 aromatic rings. The van der Waals surface area contributed by atoms with Crippen molar-refractivity contribution in [2.75, 3.05) is 13.1 Å². The van der Waals surface area contributed by atoms with Crippen LogP contribution in [0.15, 0.2) is 29.3 Å². The predicted molar refractivity (Wildman–Crippen MR) is 69.9 cm³/mol. The average molecular weight is 262 g/mol. The SMILES string of the molecule is NC(=NC(=O)c1cccc([N+](=O)[O-])c1)N1CCCC1. The van der Waals surface area contributed by atoms with Crippen molar-refractivity contribution >= 4 is 17.6 Å². The molecule has 0 spiro atoms. The normalized spacial score (nSPS) is 15.6. The van der Waals surface area contributed by atoms with Gasteiger partial charge in [-0.1, -0.05) is 6.07 Å². The molecule has 0 aromatic heterocycles.